The van der Waals surface area contributed by atoms with Crippen molar-refractivity contribution in [3.63, 3.8) is 0 Å². The Hall–Kier alpha value is -0.240. The first-order chi connectivity index (χ1) is 9.88. The number of anilines is 1. The lowest BCUT2D eigenvalue weighted by Gasteiger charge is -2.11. The number of halogens is 1. The van der Waals surface area contributed by atoms with Gasteiger partial charge in [-0.05, 0) is 49.5 Å². The number of nitrogen functional groups attached to an aromatic ring is 1. The van der Waals surface area contributed by atoms with Crippen molar-refractivity contribution in [2.24, 2.45) is 0 Å². The van der Waals surface area contributed by atoms with Crippen LogP contribution < -0.4 is 10.5 Å². The van der Waals surface area contributed by atoms with Crippen molar-refractivity contribution in [1.82, 2.24) is 4.72 Å². The number of hydrogen-bond acceptors (Lipinski definition) is 4. The van der Waals surface area contributed by atoms with Gasteiger partial charge in [0, 0.05) is 16.7 Å². The van der Waals surface area contributed by atoms with E-state index in [0.29, 0.717) is 22.3 Å². The molecule has 0 aliphatic carbocycles. The Morgan fingerprint density at radius 1 is 1.24 bits per heavy atom. The van der Waals surface area contributed by atoms with Crippen LogP contribution in [0.2, 0.25) is 0 Å². The van der Waals surface area contributed by atoms with Crippen molar-refractivity contribution in [3.05, 3.63) is 22.2 Å². The number of sulfonamides is 1. The van der Waals surface area contributed by atoms with Crippen LogP contribution in [0.15, 0.2) is 21.5 Å². The van der Waals surface area contributed by atoms with Crippen molar-refractivity contribution in [1.29, 1.82) is 0 Å². The van der Waals surface area contributed by atoms with Crippen LogP contribution in [0.3, 0.4) is 0 Å². The van der Waals surface area contributed by atoms with E-state index in [1.807, 2.05) is 11.8 Å². The molecular weight excluding hydrogens is 372 g/mol. The first-order valence-corrected chi connectivity index (χ1v) is 10.6. The highest BCUT2D eigenvalue weighted by Crippen LogP contribution is 2.26. The number of nitrogens with one attached hydrogen (secondary N) is 1. The van der Waals surface area contributed by atoms with Gasteiger partial charge in [0.1, 0.15) is 0 Å². The normalized spacial score (nSPS) is 11.8. The topological polar surface area (TPSA) is 72.2 Å². The molecule has 3 N–H and O–H groups in total. The van der Waals surface area contributed by atoms with Gasteiger partial charge < -0.3 is 5.73 Å². The van der Waals surface area contributed by atoms with Crippen LogP contribution in [0.25, 0.3) is 0 Å². The quantitative estimate of drug-likeness (QED) is 0.496. The van der Waals surface area contributed by atoms with Crippen LogP contribution in [-0.4, -0.2) is 27.0 Å². The van der Waals surface area contributed by atoms with Gasteiger partial charge in [0.25, 0.3) is 0 Å². The van der Waals surface area contributed by atoms with Crippen LogP contribution in [0.5, 0.6) is 0 Å². The van der Waals surface area contributed by atoms with Gasteiger partial charge in [-0.3, -0.25) is 0 Å². The summed E-state index contributed by atoms with van der Waals surface area (Å²) in [7, 11) is -3.50. The van der Waals surface area contributed by atoms with Gasteiger partial charge in [0.2, 0.25) is 10.0 Å². The highest BCUT2D eigenvalue weighted by atomic mass is 79.9. The first-order valence-electron chi connectivity index (χ1n) is 6.92. The molecule has 0 amide bonds. The summed E-state index contributed by atoms with van der Waals surface area (Å²) in [4.78, 5) is 0.247. The molecule has 4 nitrogen and oxygen atoms in total. The summed E-state index contributed by atoms with van der Waals surface area (Å²) >= 11 is 5.13. The fourth-order valence-corrected chi connectivity index (χ4v) is 4.45. The second-order valence-electron chi connectivity index (χ2n) is 4.92. The molecule has 1 rings (SSSR count). The lowest BCUT2D eigenvalue weighted by atomic mass is 10.2. The Kier molecular flexibility index (Phi) is 8.08. The summed E-state index contributed by atoms with van der Waals surface area (Å²) in [5, 5.41) is 0. The highest BCUT2D eigenvalue weighted by Gasteiger charge is 2.18. The average molecular weight is 395 g/mol. The highest BCUT2D eigenvalue weighted by molar-refractivity contribution is 9.10. The molecule has 120 valence electrons. The van der Waals surface area contributed by atoms with Crippen molar-refractivity contribution >= 4 is 43.4 Å². The molecule has 0 bridgehead atoms. The Morgan fingerprint density at radius 2 is 1.90 bits per heavy atom. The predicted octanol–water partition coefficient (Wildman–Crippen LogP) is 3.54. The third-order valence-electron chi connectivity index (χ3n) is 3.22. The van der Waals surface area contributed by atoms with Crippen LogP contribution in [0.1, 0.15) is 31.2 Å². The molecule has 0 radical (unpaired) electrons. The molecule has 0 saturated carbocycles. The average Bonchev–Trinajstić information content (AvgIpc) is 2.41. The molecule has 0 aliphatic rings. The Morgan fingerprint density at radius 3 is 2.57 bits per heavy atom. The minimum atomic E-state index is -3.50. The van der Waals surface area contributed by atoms with Gasteiger partial charge in [-0.2, -0.15) is 11.8 Å². The van der Waals surface area contributed by atoms with Crippen molar-refractivity contribution in [2.75, 3.05) is 24.3 Å². The van der Waals surface area contributed by atoms with E-state index < -0.39 is 10.0 Å². The zero-order chi connectivity index (χ0) is 15.9. The minimum absolute atomic E-state index is 0.247. The molecule has 1 aromatic rings. The second-order valence-corrected chi connectivity index (χ2v) is 8.56. The molecule has 0 saturated heterocycles. The maximum Gasteiger partial charge on any atom is 0.240 e. The summed E-state index contributed by atoms with van der Waals surface area (Å²) in [5.41, 5.74) is 6.88. The lowest BCUT2D eigenvalue weighted by molar-refractivity contribution is 0.573. The molecular formula is C14H23BrN2O2S2. The van der Waals surface area contributed by atoms with Crippen LogP contribution in [0, 0.1) is 6.92 Å². The number of thioether (sulfide) groups is 1. The second kappa shape index (κ2) is 9.02. The lowest BCUT2D eigenvalue weighted by Crippen LogP contribution is -2.25. The van der Waals surface area contributed by atoms with E-state index in [1.165, 1.54) is 12.2 Å². The van der Waals surface area contributed by atoms with Crippen LogP contribution in [0.4, 0.5) is 5.69 Å². The molecule has 1 aromatic carbocycles. The molecule has 21 heavy (non-hydrogen) atoms. The van der Waals surface area contributed by atoms with Crippen molar-refractivity contribution in [2.45, 2.75) is 37.5 Å². The standard InChI is InChI=1S/C14H23BrN2O2S2/c1-11-13(16)9-12(15)10-14(11)21(18,19)17-7-5-3-4-6-8-20-2/h9-10,17H,3-8,16H2,1-2H3. The van der Waals surface area contributed by atoms with E-state index in [9.17, 15) is 8.42 Å². The maximum atomic E-state index is 12.3. The maximum absolute atomic E-state index is 12.3. The van der Waals surface area contributed by atoms with Gasteiger partial charge in [-0.15, -0.1) is 0 Å². The number of rotatable bonds is 9. The summed E-state index contributed by atoms with van der Waals surface area (Å²) < 4.78 is 27.9. The molecule has 0 heterocycles. The summed E-state index contributed by atoms with van der Waals surface area (Å²) in [5.74, 6) is 1.17. The van der Waals surface area contributed by atoms with Crippen molar-refractivity contribution < 1.29 is 8.42 Å². The molecule has 0 atom stereocenters. The van der Waals surface area contributed by atoms with Gasteiger partial charge in [-0.25, -0.2) is 13.1 Å². The predicted molar refractivity (Wildman–Crippen MR) is 95.3 cm³/mol. The zero-order valence-corrected chi connectivity index (χ0v) is 15.7. The van der Waals surface area contributed by atoms with E-state index in [1.54, 1.807) is 19.1 Å². The molecule has 0 unspecified atom stereocenters. The zero-order valence-electron chi connectivity index (χ0n) is 12.5. The van der Waals surface area contributed by atoms with E-state index in [2.05, 4.69) is 26.9 Å². The summed E-state index contributed by atoms with van der Waals surface area (Å²) in [6, 6.07) is 3.30. The Balaban J connectivity index is 2.55. The summed E-state index contributed by atoms with van der Waals surface area (Å²) in [6.45, 7) is 2.19. The first kappa shape index (κ1) is 18.8. The molecule has 0 spiro atoms. The third-order valence-corrected chi connectivity index (χ3v) is 5.96. The number of unbranched alkanes of at least 4 members (excludes halogenated alkanes) is 3. The van der Waals surface area contributed by atoms with Gasteiger partial charge in [0.05, 0.1) is 4.90 Å². The largest absolute Gasteiger partial charge is 0.398 e. The fraction of sp³-hybridized carbons (Fsp3) is 0.571. The van der Waals surface area contributed by atoms with Crippen LogP contribution >= 0.6 is 27.7 Å². The van der Waals surface area contributed by atoms with E-state index in [-0.39, 0.29) is 4.90 Å². The summed E-state index contributed by atoms with van der Waals surface area (Å²) in [6.07, 6.45) is 6.33. The van der Waals surface area contributed by atoms with Crippen LogP contribution in [-0.2, 0) is 10.0 Å². The van der Waals surface area contributed by atoms with E-state index >= 15 is 0 Å². The van der Waals surface area contributed by atoms with Gasteiger partial charge in [-0.1, -0.05) is 28.8 Å². The number of hydrogen-bond donors (Lipinski definition) is 2. The van der Waals surface area contributed by atoms with Gasteiger partial charge in [0.15, 0.2) is 0 Å². The minimum Gasteiger partial charge on any atom is -0.398 e. The van der Waals surface area contributed by atoms with Crippen molar-refractivity contribution in [3.8, 4) is 0 Å². The molecule has 0 fully saturated rings. The Bertz CT molecular complexity index is 562. The smallest absolute Gasteiger partial charge is 0.240 e. The SMILES string of the molecule is CSCCCCCCNS(=O)(=O)c1cc(Br)cc(N)c1C. The van der Waals surface area contributed by atoms with E-state index in [0.717, 1.165) is 19.3 Å². The molecule has 0 aromatic heterocycles. The monoisotopic (exact) mass is 394 g/mol. The fourth-order valence-electron chi connectivity index (χ4n) is 1.96. The molecule has 0 aliphatic heterocycles. The number of nitrogens with two attached hydrogens (primary N) is 1. The molecule has 7 heteroatoms. The Labute approximate surface area is 140 Å². The van der Waals surface area contributed by atoms with E-state index in [4.69, 9.17) is 5.73 Å². The third kappa shape index (κ3) is 6.18. The van der Waals surface area contributed by atoms with Gasteiger partial charge >= 0.3 is 0 Å². The number of benzene rings is 1.